The maximum atomic E-state index is 3.74. The summed E-state index contributed by atoms with van der Waals surface area (Å²) in [5.74, 6) is 1.85. The smallest absolute Gasteiger partial charge is 0.0104 e. The maximum absolute atomic E-state index is 3.74. The summed E-state index contributed by atoms with van der Waals surface area (Å²) in [5, 5.41) is 3.74. The van der Waals surface area contributed by atoms with Crippen molar-refractivity contribution in [2.24, 2.45) is 11.8 Å². The van der Waals surface area contributed by atoms with E-state index in [0.29, 0.717) is 0 Å². The summed E-state index contributed by atoms with van der Waals surface area (Å²) in [4.78, 5) is 2.38. The normalized spacial score (nSPS) is 26.5. The van der Waals surface area contributed by atoms with E-state index in [-0.39, 0.29) is 0 Å². The van der Waals surface area contributed by atoms with Crippen molar-refractivity contribution in [2.45, 2.75) is 58.9 Å². The second-order valence-electron chi connectivity index (χ2n) is 6.06. The molecule has 1 fully saturated rings. The molecule has 0 spiro atoms. The van der Waals surface area contributed by atoms with Gasteiger partial charge in [-0.2, -0.15) is 0 Å². The Morgan fingerprint density at radius 2 is 1.94 bits per heavy atom. The summed E-state index contributed by atoms with van der Waals surface area (Å²) in [6, 6.07) is 0.781. The van der Waals surface area contributed by atoms with Gasteiger partial charge in [0.15, 0.2) is 0 Å². The fourth-order valence-electron chi connectivity index (χ4n) is 2.82. The highest BCUT2D eigenvalue weighted by Crippen LogP contribution is 2.28. The molecule has 0 radical (unpaired) electrons. The average Bonchev–Trinajstić information content (AvgIpc) is 2.54. The summed E-state index contributed by atoms with van der Waals surface area (Å²) >= 11 is 0. The van der Waals surface area contributed by atoms with E-state index < -0.39 is 0 Å². The van der Waals surface area contributed by atoms with Gasteiger partial charge < -0.3 is 10.2 Å². The Kier molecular flexibility index (Phi) is 7.14. The third-order valence-corrected chi connectivity index (χ3v) is 4.42. The van der Waals surface area contributed by atoms with Crippen molar-refractivity contribution in [1.82, 2.24) is 10.2 Å². The van der Waals surface area contributed by atoms with Gasteiger partial charge in [0.2, 0.25) is 0 Å². The first-order valence-corrected chi connectivity index (χ1v) is 7.55. The Labute approximate surface area is 108 Å². The zero-order valence-corrected chi connectivity index (χ0v) is 12.3. The van der Waals surface area contributed by atoms with Gasteiger partial charge in [0.25, 0.3) is 0 Å². The van der Waals surface area contributed by atoms with Crippen molar-refractivity contribution in [3.63, 3.8) is 0 Å². The predicted molar refractivity (Wildman–Crippen MR) is 76.4 cm³/mol. The van der Waals surface area contributed by atoms with E-state index in [1.807, 2.05) is 0 Å². The fourth-order valence-corrected chi connectivity index (χ4v) is 2.82. The van der Waals surface area contributed by atoms with Crippen molar-refractivity contribution in [2.75, 3.05) is 26.7 Å². The molecule has 0 aromatic carbocycles. The van der Waals surface area contributed by atoms with Crippen LogP contribution < -0.4 is 5.32 Å². The van der Waals surface area contributed by atoms with Crippen molar-refractivity contribution in [3.05, 3.63) is 0 Å². The van der Waals surface area contributed by atoms with E-state index in [1.165, 1.54) is 38.6 Å². The molecule has 0 aromatic rings. The number of nitrogens with one attached hydrogen (secondary N) is 1. The van der Waals surface area contributed by atoms with Gasteiger partial charge in [0.05, 0.1) is 0 Å². The van der Waals surface area contributed by atoms with Crippen LogP contribution in [0.5, 0.6) is 0 Å². The van der Waals surface area contributed by atoms with Gasteiger partial charge in [-0.05, 0) is 44.7 Å². The third-order valence-electron chi connectivity index (χ3n) is 4.42. The highest BCUT2D eigenvalue weighted by atomic mass is 15.1. The topological polar surface area (TPSA) is 15.3 Å². The van der Waals surface area contributed by atoms with Gasteiger partial charge in [-0.15, -0.1) is 0 Å². The predicted octanol–water partition coefficient (Wildman–Crippen LogP) is 3.13. The van der Waals surface area contributed by atoms with Crippen LogP contribution in [0.1, 0.15) is 52.9 Å². The number of likely N-dealkylation sites (N-methyl/N-ethyl adjacent to an activating group) is 1. The molecule has 0 bridgehead atoms. The van der Waals surface area contributed by atoms with Crippen LogP contribution in [0.15, 0.2) is 0 Å². The lowest BCUT2D eigenvalue weighted by Crippen LogP contribution is -2.35. The van der Waals surface area contributed by atoms with Gasteiger partial charge in [0.1, 0.15) is 0 Å². The number of rotatable bonds is 6. The first-order chi connectivity index (χ1) is 8.13. The minimum absolute atomic E-state index is 0.781. The van der Waals surface area contributed by atoms with Gasteiger partial charge in [-0.3, -0.25) is 0 Å². The van der Waals surface area contributed by atoms with E-state index in [0.717, 1.165) is 31.0 Å². The fraction of sp³-hybridized carbons (Fsp3) is 1.00. The molecule has 1 saturated carbocycles. The van der Waals surface area contributed by atoms with Gasteiger partial charge in [-0.25, -0.2) is 0 Å². The first-order valence-electron chi connectivity index (χ1n) is 7.55. The molecule has 1 aliphatic rings. The Bertz CT molecular complexity index is 191. The molecular formula is C15H32N2. The molecule has 1 rings (SSSR count). The van der Waals surface area contributed by atoms with Gasteiger partial charge in [-0.1, -0.05) is 33.6 Å². The van der Waals surface area contributed by atoms with Crippen LogP contribution in [-0.4, -0.2) is 37.6 Å². The molecule has 102 valence electrons. The van der Waals surface area contributed by atoms with Gasteiger partial charge in [0, 0.05) is 19.1 Å². The van der Waals surface area contributed by atoms with Crippen molar-refractivity contribution in [1.29, 1.82) is 0 Å². The van der Waals surface area contributed by atoms with Crippen LogP contribution in [0.25, 0.3) is 0 Å². The number of hydrogen-bond donors (Lipinski definition) is 1. The Morgan fingerprint density at radius 3 is 2.59 bits per heavy atom. The number of hydrogen-bond acceptors (Lipinski definition) is 2. The lowest BCUT2D eigenvalue weighted by atomic mass is 9.89. The van der Waals surface area contributed by atoms with Crippen molar-refractivity contribution < 1.29 is 0 Å². The summed E-state index contributed by atoms with van der Waals surface area (Å²) in [6.45, 7) is 10.5. The Morgan fingerprint density at radius 1 is 1.18 bits per heavy atom. The quantitative estimate of drug-likeness (QED) is 0.718. The van der Waals surface area contributed by atoms with E-state index >= 15 is 0 Å². The molecule has 2 nitrogen and oxygen atoms in total. The lowest BCUT2D eigenvalue weighted by Gasteiger charge is -2.20. The minimum Gasteiger partial charge on any atom is -0.313 e. The van der Waals surface area contributed by atoms with E-state index in [4.69, 9.17) is 0 Å². The average molecular weight is 240 g/mol. The summed E-state index contributed by atoms with van der Waals surface area (Å²) in [7, 11) is 2.20. The van der Waals surface area contributed by atoms with Crippen LogP contribution in [0, 0.1) is 11.8 Å². The first kappa shape index (κ1) is 15.0. The molecule has 2 unspecified atom stereocenters. The molecule has 0 aromatic heterocycles. The zero-order chi connectivity index (χ0) is 12.7. The second kappa shape index (κ2) is 8.10. The SMILES string of the molecule is CCN(C)CCNC1CCCC(C(C)C)CC1. The van der Waals surface area contributed by atoms with E-state index in [9.17, 15) is 0 Å². The molecule has 0 heterocycles. The molecule has 1 aliphatic carbocycles. The van der Waals surface area contributed by atoms with Crippen LogP contribution in [0.4, 0.5) is 0 Å². The molecule has 17 heavy (non-hydrogen) atoms. The molecule has 0 saturated heterocycles. The highest BCUT2D eigenvalue weighted by Gasteiger charge is 2.20. The molecule has 1 N–H and O–H groups in total. The Balaban J connectivity index is 2.18. The van der Waals surface area contributed by atoms with Crippen LogP contribution >= 0.6 is 0 Å². The summed E-state index contributed by atoms with van der Waals surface area (Å²) < 4.78 is 0. The summed E-state index contributed by atoms with van der Waals surface area (Å²) in [6.07, 6.45) is 7.07. The van der Waals surface area contributed by atoms with Crippen LogP contribution in [-0.2, 0) is 0 Å². The molecule has 0 amide bonds. The lowest BCUT2D eigenvalue weighted by molar-refractivity contribution is 0.324. The largest absolute Gasteiger partial charge is 0.313 e. The molecule has 2 atom stereocenters. The highest BCUT2D eigenvalue weighted by molar-refractivity contribution is 4.76. The monoisotopic (exact) mass is 240 g/mol. The van der Waals surface area contributed by atoms with E-state index in [1.54, 1.807) is 0 Å². The number of nitrogens with zero attached hydrogens (tertiary/aromatic N) is 1. The van der Waals surface area contributed by atoms with Gasteiger partial charge >= 0.3 is 0 Å². The zero-order valence-electron chi connectivity index (χ0n) is 12.3. The maximum Gasteiger partial charge on any atom is 0.0104 e. The molecule has 2 heteroatoms. The van der Waals surface area contributed by atoms with Crippen LogP contribution in [0.2, 0.25) is 0 Å². The molecule has 0 aliphatic heterocycles. The Hall–Kier alpha value is -0.0800. The standard InChI is InChI=1S/C15H32N2/c1-5-17(4)12-11-16-15-8-6-7-14(9-10-15)13(2)3/h13-16H,5-12H2,1-4H3. The van der Waals surface area contributed by atoms with Crippen LogP contribution in [0.3, 0.4) is 0 Å². The summed E-state index contributed by atoms with van der Waals surface area (Å²) in [5.41, 5.74) is 0. The van der Waals surface area contributed by atoms with Crippen molar-refractivity contribution >= 4 is 0 Å². The molecular weight excluding hydrogens is 208 g/mol. The van der Waals surface area contributed by atoms with E-state index in [2.05, 4.69) is 38.0 Å². The minimum atomic E-state index is 0.781. The van der Waals surface area contributed by atoms with Crippen molar-refractivity contribution in [3.8, 4) is 0 Å². The second-order valence-corrected chi connectivity index (χ2v) is 6.06. The third kappa shape index (κ3) is 5.87.